The van der Waals surface area contributed by atoms with Crippen LogP contribution in [0.4, 0.5) is 0 Å². The Bertz CT molecular complexity index is 175. The van der Waals surface area contributed by atoms with E-state index < -0.39 is 0 Å². The van der Waals surface area contributed by atoms with Gasteiger partial charge < -0.3 is 9.47 Å². The van der Waals surface area contributed by atoms with Crippen LogP contribution in [0.25, 0.3) is 0 Å². The molecule has 0 bridgehead atoms. The van der Waals surface area contributed by atoms with Gasteiger partial charge in [-0.05, 0) is 5.57 Å². The van der Waals surface area contributed by atoms with Gasteiger partial charge in [0.05, 0.1) is 0 Å². The highest BCUT2D eigenvalue weighted by Gasteiger charge is 1.99. The zero-order valence-electron chi connectivity index (χ0n) is 7.25. The molecule has 0 N–H and O–H groups in total. The van der Waals surface area contributed by atoms with Crippen molar-refractivity contribution in [2.75, 3.05) is 13.2 Å². The van der Waals surface area contributed by atoms with Crippen LogP contribution < -0.4 is 0 Å². The van der Waals surface area contributed by atoms with Crippen LogP contribution >= 0.6 is 0 Å². The summed E-state index contributed by atoms with van der Waals surface area (Å²) in [6, 6.07) is 0. The summed E-state index contributed by atoms with van der Waals surface area (Å²) < 4.78 is 9.21. The summed E-state index contributed by atoms with van der Waals surface area (Å²) in [5.74, 6) is -0.752. The van der Waals surface area contributed by atoms with Crippen molar-refractivity contribution >= 4 is 11.9 Å². The molecular weight excluding hydrogens is 160 g/mol. The molecule has 0 saturated heterocycles. The monoisotopic (exact) mass is 172 g/mol. The third-order valence-electron chi connectivity index (χ3n) is 0.959. The Balaban J connectivity index is 3.47. The predicted octanol–water partition coefficient (Wildman–Crippen LogP) is 0.669. The lowest BCUT2D eigenvalue weighted by molar-refractivity contribution is -0.141. The Hall–Kier alpha value is -1.32. The Kier molecular flexibility index (Phi) is 4.76. The first-order chi connectivity index (χ1) is 5.52. The minimum Gasteiger partial charge on any atom is -0.461 e. The number of carbonyl (C=O) groups is 2. The van der Waals surface area contributed by atoms with Crippen molar-refractivity contribution in [3.63, 3.8) is 0 Å². The van der Waals surface area contributed by atoms with E-state index in [1.807, 2.05) is 0 Å². The first kappa shape index (κ1) is 10.7. The van der Waals surface area contributed by atoms with Crippen LogP contribution in [0.3, 0.4) is 0 Å². The van der Waals surface area contributed by atoms with E-state index in [2.05, 4.69) is 16.1 Å². The van der Waals surface area contributed by atoms with Crippen LogP contribution in [-0.2, 0) is 19.1 Å². The van der Waals surface area contributed by atoms with Crippen molar-refractivity contribution in [1.29, 1.82) is 0 Å². The topological polar surface area (TPSA) is 52.6 Å². The van der Waals surface area contributed by atoms with Crippen molar-refractivity contribution in [1.82, 2.24) is 0 Å². The summed E-state index contributed by atoms with van der Waals surface area (Å²) in [5, 5.41) is 0. The molecule has 0 fully saturated rings. The fourth-order valence-electron chi connectivity index (χ4n) is 0.449. The van der Waals surface area contributed by atoms with E-state index in [0.717, 1.165) is 0 Å². The number of rotatable bonds is 4. The number of hydrogen-bond donors (Lipinski definition) is 0. The molecule has 0 aromatic carbocycles. The summed E-state index contributed by atoms with van der Waals surface area (Å²) in [5.41, 5.74) is 0.556. The van der Waals surface area contributed by atoms with Crippen molar-refractivity contribution in [3.05, 3.63) is 12.2 Å². The quantitative estimate of drug-likeness (QED) is 0.462. The largest absolute Gasteiger partial charge is 0.461 e. The number of ether oxygens (including phenoxy) is 2. The minimum absolute atomic E-state index is 0.0998. The zero-order valence-corrected chi connectivity index (χ0v) is 7.25. The van der Waals surface area contributed by atoms with E-state index >= 15 is 0 Å². The molecule has 4 nitrogen and oxygen atoms in total. The number of hydrogen-bond acceptors (Lipinski definition) is 4. The van der Waals surface area contributed by atoms with Gasteiger partial charge in [0.15, 0.2) is 0 Å². The van der Waals surface area contributed by atoms with Gasteiger partial charge in [0.25, 0.3) is 0 Å². The number of carbonyl (C=O) groups excluding carboxylic acids is 2. The van der Waals surface area contributed by atoms with Crippen LogP contribution in [0.1, 0.15) is 13.8 Å². The Morgan fingerprint density at radius 1 is 1.08 bits per heavy atom. The summed E-state index contributed by atoms with van der Waals surface area (Å²) in [6.45, 7) is 6.35. The van der Waals surface area contributed by atoms with Crippen LogP contribution in [0.2, 0.25) is 0 Å². The highest BCUT2D eigenvalue weighted by molar-refractivity contribution is 5.66. The average Bonchev–Trinajstić information content (AvgIpc) is 1.96. The Labute approximate surface area is 71.2 Å². The summed E-state index contributed by atoms with van der Waals surface area (Å²) in [6.07, 6.45) is 0. The second kappa shape index (κ2) is 5.35. The van der Waals surface area contributed by atoms with Gasteiger partial charge in [-0.15, -0.1) is 0 Å². The van der Waals surface area contributed by atoms with Crippen molar-refractivity contribution in [3.8, 4) is 0 Å². The standard InChI is InChI=1S/C8H12O4/c1-6(4-11-7(2)9)5-12-8(3)10/h1,4-5H2,2-3H3. The van der Waals surface area contributed by atoms with Crippen LogP contribution in [0.15, 0.2) is 12.2 Å². The summed E-state index contributed by atoms with van der Waals surface area (Å²) in [4.78, 5) is 20.6. The molecule has 0 unspecified atom stereocenters. The highest BCUT2D eigenvalue weighted by atomic mass is 16.5. The third-order valence-corrected chi connectivity index (χ3v) is 0.959. The molecule has 0 radical (unpaired) electrons. The third kappa shape index (κ3) is 6.80. The molecule has 68 valence electrons. The fraction of sp³-hybridized carbons (Fsp3) is 0.500. The van der Waals surface area contributed by atoms with Gasteiger partial charge in [-0.3, -0.25) is 9.59 Å². The Morgan fingerprint density at radius 2 is 1.42 bits per heavy atom. The smallest absolute Gasteiger partial charge is 0.302 e. The fourth-order valence-corrected chi connectivity index (χ4v) is 0.449. The lowest BCUT2D eigenvalue weighted by Crippen LogP contribution is -2.09. The molecule has 12 heavy (non-hydrogen) atoms. The summed E-state index contributed by atoms with van der Waals surface area (Å²) in [7, 11) is 0. The molecule has 0 aliphatic heterocycles. The van der Waals surface area contributed by atoms with Crippen molar-refractivity contribution in [2.24, 2.45) is 0 Å². The van der Waals surface area contributed by atoms with E-state index in [-0.39, 0.29) is 25.2 Å². The maximum atomic E-state index is 10.3. The van der Waals surface area contributed by atoms with Crippen LogP contribution in [-0.4, -0.2) is 25.2 Å². The van der Waals surface area contributed by atoms with Gasteiger partial charge >= 0.3 is 11.9 Å². The molecule has 0 rings (SSSR count). The first-order valence-corrected chi connectivity index (χ1v) is 3.45. The van der Waals surface area contributed by atoms with Crippen LogP contribution in [0, 0.1) is 0 Å². The van der Waals surface area contributed by atoms with Gasteiger partial charge in [-0.25, -0.2) is 0 Å². The summed E-state index contributed by atoms with van der Waals surface area (Å²) >= 11 is 0. The van der Waals surface area contributed by atoms with Gasteiger partial charge in [0.1, 0.15) is 13.2 Å². The highest BCUT2D eigenvalue weighted by Crippen LogP contribution is 1.93. The second-order valence-corrected chi connectivity index (χ2v) is 2.31. The maximum Gasteiger partial charge on any atom is 0.302 e. The lowest BCUT2D eigenvalue weighted by atomic mass is 10.3. The minimum atomic E-state index is -0.376. The molecule has 0 aliphatic rings. The van der Waals surface area contributed by atoms with Crippen molar-refractivity contribution in [2.45, 2.75) is 13.8 Å². The van der Waals surface area contributed by atoms with E-state index in [9.17, 15) is 9.59 Å². The molecule has 0 aliphatic carbocycles. The van der Waals surface area contributed by atoms with E-state index in [1.54, 1.807) is 0 Å². The molecule has 0 spiro atoms. The normalized spacial score (nSPS) is 8.83. The van der Waals surface area contributed by atoms with Gasteiger partial charge in [-0.1, -0.05) is 6.58 Å². The molecule has 0 amide bonds. The average molecular weight is 172 g/mol. The first-order valence-electron chi connectivity index (χ1n) is 3.45. The van der Waals surface area contributed by atoms with Gasteiger partial charge in [0, 0.05) is 13.8 Å². The maximum absolute atomic E-state index is 10.3. The Morgan fingerprint density at radius 3 is 1.67 bits per heavy atom. The molecule has 0 heterocycles. The van der Waals surface area contributed by atoms with Gasteiger partial charge in [-0.2, -0.15) is 0 Å². The predicted molar refractivity (Wildman–Crippen MR) is 42.4 cm³/mol. The zero-order chi connectivity index (χ0) is 9.56. The van der Waals surface area contributed by atoms with Gasteiger partial charge in [0.2, 0.25) is 0 Å². The van der Waals surface area contributed by atoms with E-state index in [4.69, 9.17) is 0 Å². The molecule has 4 heteroatoms. The molecule has 0 saturated carbocycles. The second-order valence-electron chi connectivity index (χ2n) is 2.31. The van der Waals surface area contributed by atoms with E-state index in [1.165, 1.54) is 13.8 Å². The lowest BCUT2D eigenvalue weighted by Gasteiger charge is -2.05. The molecular formula is C8H12O4. The molecule has 0 aromatic rings. The van der Waals surface area contributed by atoms with Crippen molar-refractivity contribution < 1.29 is 19.1 Å². The van der Waals surface area contributed by atoms with Crippen LogP contribution in [0.5, 0.6) is 0 Å². The molecule has 0 atom stereocenters. The number of esters is 2. The molecule has 0 aromatic heterocycles. The van der Waals surface area contributed by atoms with E-state index in [0.29, 0.717) is 5.57 Å². The SMILES string of the molecule is C=C(COC(C)=O)COC(C)=O.